The Labute approximate surface area is 247 Å². The molecule has 0 heterocycles. The first-order chi connectivity index (χ1) is 18.9. The third-order valence-corrected chi connectivity index (χ3v) is 8.91. The summed E-state index contributed by atoms with van der Waals surface area (Å²) in [7, 11) is -4.18. The van der Waals surface area contributed by atoms with E-state index in [9.17, 15) is 18.0 Å². The van der Waals surface area contributed by atoms with E-state index in [1.54, 1.807) is 12.1 Å². The predicted molar refractivity (Wildman–Crippen MR) is 161 cm³/mol. The molecule has 214 valence electrons. The van der Waals surface area contributed by atoms with E-state index in [-0.39, 0.29) is 39.1 Å². The lowest BCUT2D eigenvalue weighted by atomic mass is 10.1. The topological polar surface area (TPSA) is 86.8 Å². The third-order valence-electron chi connectivity index (χ3n) is 6.38. The number of halogens is 2. The number of aryl methyl sites for hydroxylation is 1. The molecule has 0 spiro atoms. The number of rotatable bonds is 12. The van der Waals surface area contributed by atoms with Gasteiger partial charge in [0, 0.05) is 12.6 Å². The average molecular weight is 605 g/mol. The van der Waals surface area contributed by atoms with Gasteiger partial charge in [0.25, 0.3) is 10.0 Å². The molecule has 0 fully saturated rings. The molecule has 2 amide bonds. The molecule has 0 aliphatic carbocycles. The summed E-state index contributed by atoms with van der Waals surface area (Å²) in [5.74, 6) is -0.801. The molecule has 1 unspecified atom stereocenters. The van der Waals surface area contributed by atoms with Crippen LogP contribution in [0.1, 0.15) is 38.3 Å². The Morgan fingerprint density at radius 2 is 1.57 bits per heavy atom. The number of carbonyl (C=O) groups excluding carboxylic acids is 2. The van der Waals surface area contributed by atoms with Crippen molar-refractivity contribution in [3.05, 3.63) is 94.0 Å². The number of sulfonamides is 1. The van der Waals surface area contributed by atoms with Crippen molar-refractivity contribution in [2.45, 2.75) is 57.5 Å². The first-order valence-electron chi connectivity index (χ1n) is 13.1. The van der Waals surface area contributed by atoms with Gasteiger partial charge in [-0.2, -0.15) is 0 Å². The minimum atomic E-state index is -4.18. The number of anilines is 1. The van der Waals surface area contributed by atoms with Crippen LogP contribution in [0.5, 0.6) is 0 Å². The van der Waals surface area contributed by atoms with Crippen molar-refractivity contribution in [2.24, 2.45) is 0 Å². The van der Waals surface area contributed by atoms with Gasteiger partial charge in [0.2, 0.25) is 11.8 Å². The van der Waals surface area contributed by atoms with Gasteiger partial charge in [-0.25, -0.2) is 8.42 Å². The van der Waals surface area contributed by atoms with Crippen molar-refractivity contribution in [1.29, 1.82) is 0 Å². The maximum Gasteiger partial charge on any atom is 0.264 e. The van der Waals surface area contributed by atoms with E-state index in [0.717, 1.165) is 15.4 Å². The maximum atomic E-state index is 14.0. The van der Waals surface area contributed by atoms with Crippen molar-refractivity contribution in [1.82, 2.24) is 10.2 Å². The summed E-state index contributed by atoms with van der Waals surface area (Å²) in [6.07, 6.45) is 0.853. The summed E-state index contributed by atoms with van der Waals surface area (Å²) in [4.78, 5) is 28.7. The highest BCUT2D eigenvalue weighted by Crippen LogP contribution is 2.31. The molecule has 3 aromatic carbocycles. The number of benzene rings is 3. The highest BCUT2D eigenvalue weighted by atomic mass is 35.5. The largest absolute Gasteiger partial charge is 0.352 e. The van der Waals surface area contributed by atoms with Crippen LogP contribution in [0.15, 0.2) is 77.7 Å². The Balaban J connectivity index is 2.03. The fraction of sp³-hybridized carbons (Fsp3) is 0.333. The van der Waals surface area contributed by atoms with Crippen molar-refractivity contribution in [3.8, 4) is 0 Å². The molecular weight excluding hydrogens is 569 g/mol. The molecule has 10 heteroatoms. The average Bonchev–Trinajstić information content (AvgIpc) is 2.91. The minimum Gasteiger partial charge on any atom is -0.352 e. The minimum absolute atomic E-state index is 0.0254. The van der Waals surface area contributed by atoms with Gasteiger partial charge >= 0.3 is 0 Å². The molecule has 0 bridgehead atoms. The zero-order valence-corrected chi connectivity index (χ0v) is 25.4. The Kier molecular flexibility index (Phi) is 11.0. The summed E-state index contributed by atoms with van der Waals surface area (Å²) in [6, 6.07) is 19.5. The summed E-state index contributed by atoms with van der Waals surface area (Å²) in [5.41, 5.74) is 2.07. The van der Waals surface area contributed by atoms with E-state index >= 15 is 0 Å². The lowest BCUT2D eigenvalue weighted by molar-refractivity contribution is -0.139. The van der Waals surface area contributed by atoms with Gasteiger partial charge < -0.3 is 10.2 Å². The second-order valence-corrected chi connectivity index (χ2v) is 12.5. The molecule has 0 saturated heterocycles. The van der Waals surface area contributed by atoms with Gasteiger partial charge in [-0.15, -0.1) is 0 Å². The van der Waals surface area contributed by atoms with Crippen LogP contribution >= 0.6 is 23.2 Å². The molecule has 0 radical (unpaired) electrons. The summed E-state index contributed by atoms with van der Waals surface area (Å²) in [5, 5.41) is 3.30. The third kappa shape index (κ3) is 7.99. The number of hydrogen-bond acceptors (Lipinski definition) is 4. The summed E-state index contributed by atoms with van der Waals surface area (Å²) in [6.45, 7) is 7.07. The van der Waals surface area contributed by atoms with E-state index in [1.807, 2.05) is 58.0 Å². The molecule has 1 N–H and O–H groups in total. The quantitative estimate of drug-likeness (QED) is 0.280. The molecule has 0 aliphatic heterocycles. The van der Waals surface area contributed by atoms with Crippen LogP contribution in [0.2, 0.25) is 10.0 Å². The molecule has 40 heavy (non-hydrogen) atoms. The Hall–Kier alpha value is -3.07. The van der Waals surface area contributed by atoms with E-state index in [2.05, 4.69) is 5.32 Å². The molecule has 3 rings (SSSR count). The molecule has 7 nitrogen and oxygen atoms in total. The lowest BCUT2D eigenvalue weighted by Gasteiger charge is -2.33. The summed E-state index contributed by atoms with van der Waals surface area (Å²) < 4.78 is 28.8. The molecule has 0 aromatic heterocycles. The zero-order valence-electron chi connectivity index (χ0n) is 23.1. The van der Waals surface area contributed by atoms with Crippen molar-refractivity contribution in [3.63, 3.8) is 0 Å². The van der Waals surface area contributed by atoms with Gasteiger partial charge in [-0.1, -0.05) is 78.2 Å². The molecule has 3 aromatic rings. The molecule has 0 aliphatic rings. The smallest absolute Gasteiger partial charge is 0.264 e. The molecule has 1 atom stereocenters. The highest BCUT2D eigenvalue weighted by Gasteiger charge is 2.33. The Morgan fingerprint density at radius 3 is 2.15 bits per heavy atom. The van der Waals surface area contributed by atoms with Gasteiger partial charge in [0.1, 0.15) is 12.6 Å². The van der Waals surface area contributed by atoms with Crippen molar-refractivity contribution < 1.29 is 18.0 Å². The van der Waals surface area contributed by atoms with Gasteiger partial charge in [0.05, 0.1) is 20.6 Å². The standard InChI is InChI=1S/C30H35Cl2N3O4S/c1-5-28(30(37)33-21(2)3)34(18-17-23-9-7-6-8-10-23)29(36)20-35(24-13-16-26(31)27(32)19-24)40(38,39)25-14-11-22(4)12-15-25/h6-16,19,21,28H,5,17-18,20H2,1-4H3,(H,33,37). The fourth-order valence-electron chi connectivity index (χ4n) is 4.28. The monoisotopic (exact) mass is 603 g/mol. The normalized spacial score (nSPS) is 12.2. The highest BCUT2D eigenvalue weighted by molar-refractivity contribution is 7.92. The first kappa shape index (κ1) is 31.5. The predicted octanol–water partition coefficient (Wildman–Crippen LogP) is 5.87. The Bertz CT molecular complexity index is 1410. The van der Waals surface area contributed by atoms with E-state index in [4.69, 9.17) is 23.2 Å². The van der Waals surface area contributed by atoms with Gasteiger partial charge in [-0.05, 0) is 69.5 Å². The van der Waals surface area contributed by atoms with E-state index in [1.165, 1.54) is 35.2 Å². The van der Waals surface area contributed by atoms with E-state index in [0.29, 0.717) is 12.8 Å². The lowest BCUT2D eigenvalue weighted by Crippen LogP contribution is -2.54. The maximum absolute atomic E-state index is 14.0. The fourth-order valence-corrected chi connectivity index (χ4v) is 5.98. The second kappa shape index (κ2) is 14.0. The van der Waals surface area contributed by atoms with Crippen LogP contribution < -0.4 is 9.62 Å². The molecular formula is C30H35Cl2N3O4S. The van der Waals surface area contributed by atoms with Crippen LogP contribution in [0.3, 0.4) is 0 Å². The number of nitrogens with zero attached hydrogens (tertiary/aromatic N) is 2. The first-order valence-corrected chi connectivity index (χ1v) is 15.3. The number of carbonyl (C=O) groups is 2. The summed E-state index contributed by atoms with van der Waals surface area (Å²) >= 11 is 12.4. The van der Waals surface area contributed by atoms with Crippen LogP contribution in [-0.4, -0.2) is 50.3 Å². The molecule has 0 saturated carbocycles. The van der Waals surface area contributed by atoms with Crippen LogP contribution in [0.4, 0.5) is 5.69 Å². The second-order valence-electron chi connectivity index (χ2n) is 9.83. The van der Waals surface area contributed by atoms with Crippen molar-refractivity contribution in [2.75, 3.05) is 17.4 Å². The Morgan fingerprint density at radius 1 is 0.925 bits per heavy atom. The van der Waals surface area contributed by atoms with Crippen molar-refractivity contribution >= 4 is 50.7 Å². The van der Waals surface area contributed by atoms with E-state index < -0.39 is 28.5 Å². The SMILES string of the molecule is CCC(C(=O)NC(C)C)N(CCc1ccccc1)C(=O)CN(c1ccc(Cl)c(Cl)c1)S(=O)(=O)c1ccc(C)cc1. The van der Waals surface area contributed by atoms with Crippen LogP contribution in [0.25, 0.3) is 0 Å². The van der Waals surface area contributed by atoms with Crippen LogP contribution in [-0.2, 0) is 26.0 Å². The van der Waals surface area contributed by atoms with Crippen LogP contribution in [0, 0.1) is 6.92 Å². The van der Waals surface area contributed by atoms with Gasteiger partial charge in [0.15, 0.2) is 0 Å². The zero-order chi connectivity index (χ0) is 29.4. The number of nitrogens with one attached hydrogen (secondary N) is 1. The van der Waals surface area contributed by atoms with Gasteiger partial charge in [-0.3, -0.25) is 13.9 Å². The number of amides is 2. The number of hydrogen-bond donors (Lipinski definition) is 1.